The smallest absolute Gasteiger partial charge is 0.305 e. The van der Waals surface area contributed by atoms with E-state index in [9.17, 15) is 19.8 Å². The molecule has 3 N–H and O–H groups in total. The molecule has 6 heteroatoms. The number of carbonyl (C=O) groups is 2. The third-order valence-corrected chi connectivity index (χ3v) is 15.1. The zero-order valence-corrected chi connectivity index (χ0v) is 49.6. The number of hydrogen-bond donors (Lipinski definition) is 3. The monoisotopic (exact) mass is 1040 g/mol. The van der Waals surface area contributed by atoms with Crippen molar-refractivity contribution in [3.05, 3.63) is 48.6 Å². The number of nitrogens with one attached hydrogen (secondary N) is 1. The standard InChI is InChI=1S/C68H127NO5/c1-3-5-7-9-11-13-15-36-40-44-48-52-56-60-66(71)65(64-70)69-67(72)61-57-53-49-45-41-38-34-32-30-28-26-24-22-20-18-17-19-21-23-25-27-29-31-33-35-39-43-47-51-55-59-63-74-68(73)62-58-54-50-46-42-37-16-14-12-10-8-6-4-2/h14,16,19,21,25,27,56,60,65-66,70-71H,3-13,15,17-18,20,22-24,26,28-55,57-59,61-64H2,1-2H3,(H,69,72)/b16-14-,21-19-,27-25-,60-56+. The van der Waals surface area contributed by atoms with Crippen LogP contribution in [-0.2, 0) is 14.3 Å². The number of unbranched alkanes of at least 4 members (excludes halogenated alkanes) is 44. The molecule has 74 heavy (non-hydrogen) atoms. The number of amides is 1. The Morgan fingerprint density at radius 3 is 1.05 bits per heavy atom. The molecule has 0 aromatic rings. The molecule has 0 saturated carbocycles. The highest BCUT2D eigenvalue weighted by molar-refractivity contribution is 5.76. The van der Waals surface area contributed by atoms with E-state index >= 15 is 0 Å². The molecule has 0 fully saturated rings. The Morgan fingerprint density at radius 1 is 0.378 bits per heavy atom. The number of aliphatic hydroxyl groups excluding tert-OH is 2. The van der Waals surface area contributed by atoms with Crippen molar-refractivity contribution in [3.8, 4) is 0 Å². The average Bonchev–Trinajstić information content (AvgIpc) is 3.40. The molecule has 0 aromatic carbocycles. The van der Waals surface area contributed by atoms with Gasteiger partial charge in [-0.1, -0.05) is 294 Å². The van der Waals surface area contributed by atoms with Crippen LogP contribution in [0.2, 0.25) is 0 Å². The summed E-state index contributed by atoms with van der Waals surface area (Å²) in [7, 11) is 0. The van der Waals surface area contributed by atoms with E-state index in [-0.39, 0.29) is 18.5 Å². The number of allylic oxidation sites excluding steroid dienone is 7. The van der Waals surface area contributed by atoms with E-state index in [1.165, 1.54) is 270 Å². The van der Waals surface area contributed by atoms with Gasteiger partial charge in [0, 0.05) is 12.8 Å². The van der Waals surface area contributed by atoms with Gasteiger partial charge in [0.2, 0.25) is 5.91 Å². The van der Waals surface area contributed by atoms with E-state index in [1.54, 1.807) is 6.08 Å². The summed E-state index contributed by atoms with van der Waals surface area (Å²) in [5.41, 5.74) is 0. The fourth-order valence-electron chi connectivity index (χ4n) is 10.0. The number of ether oxygens (including phenoxy) is 1. The number of hydrogen-bond acceptors (Lipinski definition) is 5. The van der Waals surface area contributed by atoms with Gasteiger partial charge in [-0.3, -0.25) is 9.59 Å². The van der Waals surface area contributed by atoms with E-state index in [1.807, 2.05) is 6.08 Å². The van der Waals surface area contributed by atoms with Crippen LogP contribution in [0.4, 0.5) is 0 Å². The van der Waals surface area contributed by atoms with Crippen LogP contribution in [0, 0.1) is 0 Å². The molecule has 0 aromatic heterocycles. The van der Waals surface area contributed by atoms with Gasteiger partial charge in [0.05, 0.1) is 25.4 Å². The number of aliphatic hydroxyl groups is 2. The summed E-state index contributed by atoms with van der Waals surface area (Å²) in [5.74, 6) is -0.0637. The minimum Gasteiger partial charge on any atom is -0.466 e. The molecule has 6 nitrogen and oxygen atoms in total. The van der Waals surface area contributed by atoms with Crippen LogP contribution >= 0.6 is 0 Å². The summed E-state index contributed by atoms with van der Waals surface area (Å²) < 4.78 is 5.47. The van der Waals surface area contributed by atoms with Gasteiger partial charge < -0.3 is 20.3 Å². The van der Waals surface area contributed by atoms with Gasteiger partial charge in [0.1, 0.15) is 0 Å². The lowest BCUT2D eigenvalue weighted by Crippen LogP contribution is -2.45. The zero-order valence-electron chi connectivity index (χ0n) is 49.6. The minimum atomic E-state index is -0.844. The fourth-order valence-corrected chi connectivity index (χ4v) is 10.0. The van der Waals surface area contributed by atoms with E-state index < -0.39 is 12.1 Å². The summed E-state index contributed by atoms with van der Waals surface area (Å²) in [4.78, 5) is 24.5. The Kier molecular flexibility index (Phi) is 61.5. The second-order valence-electron chi connectivity index (χ2n) is 22.4. The van der Waals surface area contributed by atoms with Gasteiger partial charge in [-0.05, 0) is 89.9 Å². The molecule has 434 valence electrons. The lowest BCUT2D eigenvalue weighted by Gasteiger charge is -2.20. The van der Waals surface area contributed by atoms with Crippen LogP contribution in [-0.4, -0.2) is 47.4 Å². The Hall–Kier alpha value is -2.18. The van der Waals surface area contributed by atoms with Crippen LogP contribution in [0.25, 0.3) is 0 Å². The summed E-state index contributed by atoms with van der Waals surface area (Å²) in [6.07, 6.45) is 81.8. The Morgan fingerprint density at radius 2 is 0.676 bits per heavy atom. The van der Waals surface area contributed by atoms with Gasteiger partial charge >= 0.3 is 5.97 Å². The normalized spacial score (nSPS) is 12.9. The first-order valence-corrected chi connectivity index (χ1v) is 32.9. The van der Waals surface area contributed by atoms with Gasteiger partial charge in [-0.25, -0.2) is 0 Å². The molecule has 0 aliphatic heterocycles. The Labute approximate surface area is 461 Å². The lowest BCUT2D eigenvalue weighted by molar-refractivity contribution is -0.143. The third kappa shape index (κ3) is 59.1. The number of carbonyl (C=O) groups excluding carboxylic acids is 2. The van der Waals surface area contributed by atoms with Crippen LogP contribution in [0.5, 0.6) is 0 Å². The summed E-state index contributed by atoms with van der Waals surface area (Å²) in [6, 6.07) is -0.627. The van der Waals surface area contributed by atoms with Crippen molar-refractivity contribution >= 4 is 11.9 Å². The average molecular weight is 1040 g/mol. The lowest BCUT2D eigenvalue weighted by atomic mass is 10.0. The van der Waals surface area contributed by atoms with E-state index in [2.05, 4.69) is 55.6 Å². The van der Waals surface area contributed by atoms with Crippen molar-refractivity contribution in [3.63, 3.8) is 0 Å². The first-order chi connectivity index (χ1) is 36.5. The Bertz CT molecular complexity index is 1240. The molecule has 0 radical (unpaired) electrons. The van der Waals surface area contributed by atoms with Gasteiger partial charge in [-0.15, -0.1) is 0 Å². The quantitative estimate of drug-likeness (QED) is 0.0320. The predicted molar refractivity (Wildman–Crippen MR) is 324 cm³/mol. The highest BCUT2D eigenvalue weighted by atomic mass is 16.5. The molecule has 0 heterocycles. The molecule has 1 amide bonds. The third-order valence-electron chi connectivity index (χ3n) is 15.1. The van der Waals surface area contributed by atoms with Crippen molar-refractivity contribution < 1.29 is 24.5 Å². The van der Waals surface area contributed by atoms with E-state index in [0.29, 0.717) is 19.4 Å². The predicted octanol–water partition coefficient (Wildman–Crippen LogP) is 20.9. The van der Waals surface area contributed by atoms with E-state index in [0.717, 1.165) is 51.4 Å². The summed E-state index contributed by atoms with van der Waals surface area (Å²) in [6.45, 7) is 4.89. The second kappa shape index (κ2) is 63.4. The maximum Gasteiger partial charge on any atom is 0.305 e. The van der Waals surface area contributed by atoms with Crippen molar-refractivity contribution in [2.75, 3.05) is 13.2 Å². The van der Waals surface area contributed by atoms with Gasteiger partial charge in [0.25, 0.3) is 0 Å². The van der Waals surface area contributed by atoms with Crippen molar-refractivity contribution in [2.45, 2.75) is 360 Å². The highest BCUT2D eigenvalue weighted by Gasteiger charge is 2.18. The molecule has 2 unspecified atom stereocenters. The molecular weight excluding hydrogens is 911 g/mol. The molecular formula is C68H127NO5. The molecule has 0 aliphatic carbocycles. The molecule has 0 aliphatic rings. The fraction of sp³-hybridized carbons (Fsp3) is 0.853. The van der Waals surface area contributed by atoms with Crippen LogP contribution in [0.1, 0.15) is 348 Å². The zero-order chi connectivity index (χ0) is 53.6. The molecule has 0 spiro atoms. The molecule has 0 saturated heterocycles. The van der Waals surface area contributed by atoms with Crippen molar-refractivity contribution in [2.24, 2.45) is 0 Å². The van der Waals surface area contributed by atoms with E-state index in [4.69, 9.17) is 4.74 Å². The Balaban J connectivity index is 3.41. The largest absolute Gasteiger partial charge is 0.466 e. The molecule has 0 bridgehead atoms. The maximum atomic E-state index is 12.5. The minimum absolute atomic E-state index is 0.00336. The van der Waals surface area contributed by atoms with Crippen LogP contribution in [0.3, 0.4) is 0 Å². The number of rotatable bonds is 61. The molecule has 0 rings (SSSR count). The van der Waals surface area contributed by atoms with Gasteiger partial charge in [-0.2, -0.15) is 0 Å². The van der Waals surface area contributed by atoms with Crippen molar-refractivity contribution in [1.29, 1.82) is 0 Å². The number of esters is 1. The van der Waals surface area contributed by atoms with Crippen LogP contribution in [0.15, 0.2) is 48.6 Å². The molecule has 2 atom stereocenters. The van der Waals surface area contributed by atoms with Gasteiger partial charge in [0.15, 0.2) is 0 Å². The summed E-state index contributed by atoms with van der Waals surface area (Å²) in [5, 5.41) is 23.1. The summed E-state index contributed by atoms with van der Waals surface area (Å²) >= 11 is 0. The second-order valence-corrected chi connectivity index (χ2v) is 22.4. The first-order valence-electron chi connectivity index (χ1n) is 32.9. The van der Waals surface area contributed by atoms with Crippen molar-refractivity contribution in [1.82, 2.24) is 5.32 Å². The SMILES string of the molecule is CCCCCC/C=C\CCCCCCCC(=O)OCCCCCCCCCCC/C=C\C/C=C\CCCCCCCCCCCCCCCCCC(=O)NC(CO)C(O)/C=C/CCCCCCCCCCCCC. The first kappa shape index (κ1) is 71.8. The van der Waals surface area contributed by atoms with Crippen LogP contribution < -0.4 is 5.32 Å². The maximum absolute atomic E-state index is 12.5. The topological polar surface area (TPSA) is 95.9 Å². The highest BCUT2D eigenvalue weighted by Crippen LogP contribution is 2.17.